The Morgan fingerprint density at radius 2 is 1.76 bits per heavy atom. The quantitative estimate of drug-likeness (QED) is 0.287. The number of hydrogen-bond acceptors (Lipinski definition) is 5. The molecular formula is C9H12N2O5S. The van der Waals surface area contributed by atoms with Crippen LogP contribution >= 0.6 is 0 Å². The zero-order valence-corrected chi connectivity index (χ0v) is 9.77. The molecular weight excluding hydrogens is 248 g/mol. The summed E-state index contributed by atoms with van der Waals surface area (Å²) in [6.07, 6.45) is 0.715. The fraction of sp³-hybridized carbons (Fsp3) is 0.111. The standard InChI is InChI=1S/C8H8N2O2.CH4O3S/c9-8(10)12-7(11)6-4-2-1-3-5-6;1-5(2,3)4/h1-5H,(H3,9,10);1H3,(H,2,3,4). The average molecular weight is 260 g/mol. The van der Waals surface area contributed by atoms with Gasteiger partial charge in [-0.3, -0.25) is 9.96 Å². The second kappa shape index (κ2) is 6.61. The molecule has 0 fully saturated rings. The topological polar surface area (TPSA) is 131 Å². The molecule has 0 bridgehead atoms. The number of rotatable bonds is 1. The van der Waals surface area contributed by atoms with Crippen LogP contribution in [0.3, 0.4) is 0 Å². The van der Waals surface area contributed by atoms with Gasteiger partial charge in [0, 0.05) is 0 Å². The fourth-order valence-corrected chi connectivity index (χ4v) is 0.733. The summed E-state index contributed by atoms with van der Waals surface area (Å²) in [6, 6.07) is 7.78. The molecule has 1 rings (SSSR count). The molecule has 0 saturated carbocycles. The lowest BCUT2D eigenvalue weighted by Crippen LogP contribution is -2.19. The maximum atomic E-state index is 11.0. The van der Waals surface area contributed by atoms with E-state index in [0.29, 0.717) is 11.8 Å². The first kappa shape index (κ1) is 15.1. The van der Waals surface area contributed by atoms with Gasteiger partial charge in [0.15, 0.2) is 0 Å². The van der Waals surface area contributed by atoms with Gasteiger partial charge in [-0.1, -0.05) is 18.2 Å². The SMILES string of the molecule is CS(=O)(=O)O.N=C(N)OC(=O)c1ccccc1. The van der Waals surface area contributed by atoms with Crippen LogP contribution in [0, 0.1) is 5.41 Å². The number of benzene rings is 1. The Hall–Kier alpha value is -1.93. The number of carbonyl (C=O) groups excluding carboxylic acids is 1. The van der Waals surface area contributed by atoms with Crippen LogP contribution in [-0.4, -0.2) is 31.2 Å². The maximum absolute atomic E-state index is 11.0. The fourth-order valence-electron chi connectivity index (χ4n) is 0.733. The number of amidine groups is 1. The highest BCUT2D eigenvalue weighted by atomic mass is 32.2. The van der Waals surface area contributed by atoms with E-state index in [1.54, 1.807) is 30.3 Å². The van der Waals surface area contributed by atoms with E-state index in [9.17, 15) is 13.2 Å². The Bertz CT molecular complexity index is 475. The minimum atomic E-state index is -3.67. The molecule has 0 heterocycles. The normalized spacial score (nSPS) is 9.76. The molecule has 0 spiro atoms. The monoisotopic (exact) mass is 260 g/mol. The Kier molecular flexibility index (Phi) is 5.86. The van der Waals surface area contributed by atoms with Crippen LogP contribution in [0.5, 0.6) is 0 Å². The summed E-state index contributed by atoms with van der Waals surface area (Å²) in [4.78, 5) is 11.0. The van der Waals surface area contributed by atoms with Gasteiger partial charge in [-0.05, 0) is 12.1 Å². The third-order valence-electron chi connectivity index (χ3n) is 1.21. The number of esters is 1. The van der Waals surface area contributed by atoms with Gasteiger partial charge in [-0.25, -0.2) is 4.79 Å². The van der Waals surface area contributed by atoms with Gasteiger partial charge in [0.25, 0.3) is 16.1 Å². The average Bonchev–Trinajstić information content (AvgIpc) is 2.15. The van der Waals surface area contributed by atoms with Crippen LogP contribution in [0.25, 0.3) is 0 Å². The highest BCUT2D eigenvalue weighted by molar-refractivity contribution is 7.85. The van der Waals surface area contributed by atoms with Gasteiger partial charge in [0.1, 0.15) is 0 Å². The van der Waals surface area contributed by atoms with Crippen LogP contribution < -0.4 is 5.73 Å². The Labute approximate surface area is 98.5 Å². The van der Waals surface area contributed by atoms with Crippen molar-refractivity contribution in [3.8, 4) is 0 Å². The van der Waals surface area contributed by atoms with Crippen LogP contribution in [0.4, 0.5) is 0 Å². The van der Waals surface area contributed by atoms with Crippen LogP contribution in [-0.2, 0) is 14.9 Å². The Morgan fingerprint density at radius 3 is 2.12 bits per heavy atom. The number of nitrogens with one attached hydrogen (secondary N) is 1. The molecule has 8 heteroatoms. The molecule has 1 aromatic rings. The van der Waals surface area contributed by atoms with Crippen LogP contribution in [0.15, 0.2) is 30.3 Å². The molecule has 0 atom stereocenters. The lowest BCUT2D eigenvalue weighted by molar-refractivity contribution is 0.0712. The maximum Gasteiger partial charge on any atom is 0.345 e. The van der Waals surface area contributed by atoms with Crippen molar-refractivity contribution in [1.29, 1.82) is 5.41 Å². The highest BCUT2D eigenvalue weighted by Gasteiger charge is 2.06. The van der Waals surface area contributed by atoms with Gasteiger partial charge in [0.05, 0.1) is 11.8 Å². The lowest BCUT2D eigenvalue weighted by Gasteiger charge is -1.99. The zero-order chi connectivity index (χ0) is 13.5. The molecule has 17 heavy (non-hydrogen) atoms. The van der Waals surface area contributed by atoms with Gasteiger partial charge in [0.2, 0.25) is 0 Å². The van der Waals surface area contributed by atoms with E-state index in [4.69, 9.17) is 15.7 Å². The summed E-state index contributed by atoms with van der Waals surface area (Å²) < 4.78 is 30.2. The van der Waals surface area contributed by atoms with E-state index in [1.165, 1.54) is 0 Å². The molecule has 0 aromatic heterocycles. The second-order valence-corrected chi connectivity index (χ2v) is 4.32. The molecule has 0 unspecified atom stereocenters. The molecule has 0 aliphatic heterocycles. The van der Waals surface area contributed by atoms with E-state index in [2.05, 4.69) is 4.74 Å². The van der Waals surface area contributed by atoms with Crippen molar-refractivity contribution in [2.75, 3.05) is 6.26 Å². The second-order valence-electron chi connectivity index (χ2n) is 2.85. The van der Waals surface area contributed by atoms with E-state index in [0.717, 1.165) is 0 Å². The van der Waals surface area contributed by atoms with Crippen LogP contribution in [0.1, 0.15) is 10.4 Å². The lowest BCUT2D eigenvalue weighted by atomic mass is 10.2. The van der Waals surface area contributed by atoms with Crippen molar-refractivity contribution >= 4 is 22.1 Å². The van der Waals surface area contributed by atoms with Crippen molar-refractivity contribution in [1.82, 2.24) is 0 Å². The molecule has 0 radical (unpaired) electrons. The summed E-state index contributed by atoms with van der Waals surface area (Å²) in [5.74, 6) is -0.608. The first-order valence-electron chi connectivity index (χ1n) is 4.24. The molecule has 1 aromatic carbocycles. The van der Waals surface area contributed by atoms with Gasteiger partial charge in [-0.15, -0.1) is 0 Å². The molecule has 0 saturated heterocycles. The summed E-state index contributed by atoms with van der Waals surface area (Å²) >= 11 is 0. The van der Waals surface area contributed by atoms with Crippen molar-refractivity contribution in [2.24, 2.45) is 5.73 Å². The molecule has 94 valence electrons. The third kappa shape index (κ3) is 10.4. The Balaban J connectivity index is 0.000000437. The Morgan fingerprint density at radius 1 is 1.35 bits per heavy atom. The summed E-state index contributed by atoms with van der Waals surface area (Å²) in [5.41, 5.74) is 5.25. The minimum absolute atomic E-state index is 0.382. The van der Waals surface area contributed by atoms with E-state index in [-0.39, 0.29) is 0 Å². The predicted octanol–water partition coefficient (Wildman–Crippen LogP) is 0.241. The summed E-state index contributed by atoms with van der Waals surface area (Å²) in [6.45, 7) is 0. The molecule has 0 aliphatic carbocycles. The minimum Gasteiger partial charge on any atom is -0.389 e. The third-order valence-corrected chi connectivity index (χ3v) is 1.21. The van der Waals surface area contributed by atoms with E-state index in [1.807, 2.05) is 0 Å². The number of ether oxygens (including phenoxy) is 1. The predicted molar refractivity (Wildman–Crippen MR) is 61.2 cm³/mol. The van der Waals surface area contributed by atoms with Crippen molar-refractivity contribution in [3.63, 3.8) is 0 Å². The largest absolute Gasteiger partial charge is 0.389 e. The van der Waals surface area contributed by atoms with Gasteiger partial charge in [-0.2, -0.15) is 8.42 Å². The number of carbonyl (C=O) groups is 1. The highest BCUT2D eigenvalue weighted by Crippen LogP contribution is 1.99. The van der Waals surface area contributed by atoms with Gasteiger partial charge < -0.3 is 10.5 Å². The smallest absolute Gasteiger partial charge is 0.345 e. The van der Waals surface area contributed by atoms with Crippen molar-refractivity contribution in [2.45, 2.75) is 0 Å². The first-order valence-corrected chi connectivity index (χ1v) is 6.08. The summed E-state index contributed by atoms with van der Waals surface area (Å²) in [7, 11) is -3.67. The number of nitrogens with two attached hydrogens (primary N) is 1. The zero-order valence-electron chi connectivity index (χ0n) is 8.95. The van der Waals surface area contributed by atoms with Crippen LogP contribution in [0.2, 0.25) is 0 Å². The molecule has 0 amide bonds. The van der Waals surface area contributed by atoms with Crippen molar-refractivity contribution in [3.05, 3.63) is 35.9 Å². The van der Waals surface area contributed by atoms with Crippen molar-refractivity contribution < 1.29 is 22.5 Å². The number of hydrogen-bond donors (Lipinski definition) is 3. The first-order chi connectivity index (χ1) is 7.70. The van der Waals surface area contributed by atoms with E-state index < -0.39 is 22.1 Å². The molecule has 4 N–H and O–H groups in total. The molecule has 7 nitrogen and oxygen atoms in total. The van der Waals surface area contributed by atoms with E-state index >= 15 is 0 Å². The summed E-state index contributed by atoms with van der Waals surface area (Å²) in [5, 5.41) is 6.71. The van der Waals surface area contributed by atoms with Gasteiger partial charge >= 0.3 is 5.97 Å². The molecule has 0 aliphatic rings.